The zero-order valence-corrected chi connectivity index (χ0v) is 15.7. The number of nitrogens with one attached hydrogen (secondary N) is 1. The third-order valence-electron chi connectivity index (χ3n) is 4.12. The topological polar surface area (TPSA) is 136 Å². The number of rotatable bonds is 7. The molecule has 0 aliphatic rings. The Kier molecular flexibility index (Phi) is 6.73. The Labute approximate surface area is 165 Å². The highest BCUT2D eigenvalue weighted by Gasteiger charge is 2.24. The summed E-state index contributed by atoms with van der Waals surface area (Å²) < 4.78 is 14.1. The molecule has 0 saturated heterocycles. The van der Waals surface area contributed by atoms with Gasteiger partial charge in [-0.2, -0.15) is 0 Å². The Morgan fingerprint density at radius 2 is 1.86 bits per heavy atom. The predicted octanol–water partition coefficient (Wildman–Crippen LogP) is 1.39. The average Bonchev–Trinajstić information content (AvgIpc) is 2.70. The van der Waals surface area contributed by atoms with Crippen molar-refractivity contribution < 1.29 is 23.7 Å². The number of nitro groups is 1. The summed E-state index contributed by atoms with van der Waals surface area (Å²) in [6.45, 7) is 1.05. The maximum atomic E-state index is 14.1. The van der Waals surface area contributed by atoms with Crippen molar-refractivity contribution in [3.05, 3.63) is 69.5 Å². The third kappa shape index (κ3) is 4.99. The molecule has 1 atom stereocenters. The van der Waals surface area contributed by atoms with Crippen LogP contribution in [0.3, 0.4) is 0 Å². The summed E-state index contributed by atoms with van der Waals surface area (Å²) in [6.07, 6.45) is 0. The molecule has 152 valence electrons. The summed E-state index contributed by atoms with van der Waals surface area (Å²) in [6, 6.07) is 7.69. The molecule has 0 aromatic heterocycles. The minimum atomic E-state index is -0.818. The third-order valence-corrected chi connectivity index (χ3v) is 4.12. The number of hydrogen-bond acceptors (Lipinski definition) is 6. The lowest BCUT2D eigenvalue weighted by atomic mass is 10.00. The van der Waals surface area contributed by atoms with Crippen molar-refractivity contribution in [3.8, 4) is 0 Å². The van der Waals surface area contributed by atoms with Gasteiger partial charge in [-0.05, 0) is 25.1 Å². The molecule has 0 fully saturated rings. The van der Waals surface area contributed by atoms with Crippen LogP contribution in [0.1, 0.15) is 22.8 Å². The molecule has 0 unspecified atom stereocenters. The molecule has 3 N–H and O–H groups in total. The summed E-state index contributed by atoms with van der Waals surface area (Å²) in [7, 11) is 1.33. The summed E-state index contributed by atoms with van der Waals surface area (Å²) in [5, 5.41) is 13.5. The molecule has 0 radical (unpaired) electrons. The number of nitrogens with zero attached hydrogens (tertiary/aromatic N) is 2. The molecule has 29 heavy (non-hydrogen) atoms. The highest BCUT2D eigenvalue weighted by atomic mass is 19.1. The number of carbonyl (C=O) groups excluding carboxylic acids is 3. The van der Waals surface area contributed by atoms with Gasteiger partial charge in [0, 0.05) is 19.2 Å². The minimum Gasteiger partial charge on any atom is -0.346 e. The zero-order valence-electron chi connectivity index (χ0n) is 15.7. The van der Waals surface area contributed by atoms with Crippen LogP contribution in [0.4, 0.5) is 15.8 Å². The fourth-order valence-corrected chi connectivity index (χ4v) is 2.48. The second-order valence-electron chi connectivity index (χ2n) is 6.23. The second-order valence-corrected chi connectivity index (χ2v) is 6.23. The molecule has 10 heteroatoms. The molecular weight excluding hydrogens is 383 g/mol. The van der Waals surface area contributed by atoms with Crippen molar-refractivity contribution in [2.75, 3.05) is 18.5 Å². The number of halogens is 1. The number of nitro benzene ring substituents is 1. The van der Waals surface area contributed by atoms with Gasteiger partial charge in [0.05, 0.1) is 34.3 Å². The lowest BCUT2D eigenvalue weighted by molar-refractivity contribution is -0.384. The van der Waals surface area contributed by atoms with Gasteiger partial charge in [0.2, 0.25) is 11.8 Å². The van der Waals surface area contributed by atoms with E-state index in [1.54, 1.807) is 0 Å². The maximum absolute atomic E-state index is 14.1. The first-order valence-corrected chi connectivity index (χ1v) is 8.51. The Morgan fingerprint density at radius 1 is 1.21 bits per heavy atom. The molecule has 2 aromatic carbocycles. The number of amides is 2. The number of anilines is 1. The number of non-ortho nitro benzene ring substituents is 1. The monoisotopic (exact) mass is 402 g/mol. The highest BCUT2D eigenvalue weighted by Crippen LogP contribution is 2.28. The van der Waals surface area contributed by atoms with Gasteiger partial charge in [-0.25, -0.2) is 4.39 Å². The van der Waals surface area contributed by atoms with Crippen LogP contribution in [0.5, 0.6) is 0 Å². The van der Waals surface area contributed by atoms with E-state index >= 15 is 0 Å². The normalized spacial score (nSPS) is 11.4. The van der Waals surface area contributed by atoms with Gasteiger partial charge in [-0.1, -0.05) is 12.1 Å². The van der Waals surface area contributed by atoms with Gasteiger partial charge in [0.15, 0.2) is 5.78 Å². The molecule has 0 saturated carbocycles. The van der Waals surface area contributed by atoms with E-state index in [1.165, 1.54) is 38.2 Å². The first-order valence-electron chi connectivity index (χ1n) is 8.51. The van der Waals surface area contributed by atoms with Crippen molar-refractivity contribution in [1.82, 2.24) is 5.32 Å². The smallest absolute Gasteiger partial charge is 0.270 e. The number of likely N-dealkylation sites (N-methyl/N-ethyl adjacent to an activating group) is 1. The van der Waals surface area contributed by atoms with Crippen molar-refractivity contribution >= 4 is 29.0 Å². The number of benzene rings is 2. The number of ketones is 1. The fourth-order valence-electron chi connectivity index (χ4n) is 2.48. The maximum Gasteiger partial charge on any atom is 0.270 e. The van der Waals surface area contributed by atoms with Crippen LogP contribution in [-0.2, 0) is 9.59 Å². The Hall–Kier alpha value is -3.66. The molecule has 2 aromatic rings. The predicted molar refractivity (Wildman–Crippen MR) is 103 cm³/mol. The first kappa shape index (κ1) is 21.6. The first-order chi connectivity index (χ1) is 13.6. The van der Waals surface area contributed by atoms with Crippen LogP contribution in [0.2, 0.25) is 0 Å². The summed E-state index contributed by atoms with van der Waals surface area (Å²) >= 11 is 0. The van der Waals surface area contributed by atoms with E-state index in [2.05, 4.69) is 5.32 Å². The van der Waals surface area contributed by atoms with Crippen LogP contribution < -0.4 is 16.0 Å². The number of hydrogen-bond donors (Lipinski definition) is 2. The number of carbonyl (C=O) groups is 3. The molecule has 0 spiro atoms. The van der Waals surface area contributed by atoms with Crippen LogP contribution in [-0.4, -0.2) is 42.2 Å². The molecule has 0 heterocycles. The van der Waals surface area contributed by atoms with E-state index in [9.17, 15) is 28.9 Å². The van der Waals surface area contributed by atoms with Crippen molar-refractivity contribution in [3.63, 3.8) is 0 Å². The summed E-state index contributed by atoms with van der Waals surface area (Å²) in [5.41, 5.74) is 4.54. The van der Waals surface area contributed by atoms with Crippen molar-refractivity contribution in [1.29, 1.82) is 0 Å². The van der Waals surface area contributed by atoms with Crippen molar-refractivity contribution in [2.45, 2.75) is 13.0 Å². The molecule has 0 aliphatic carbocycles. The summed E-state index contributed by atoms with van der Waals surface area (Å²) in [5.74, 6) is -2.76. The van der Waals surface area contributed by atoms with Crippen molar-refractivity contribution in [2.24, 2.45) is 5.73 Å². The summed E-state index contributed by atoms with van der Waals surface area (Å²) in [4.78, 5) is 48.3. The second kappa shape index (κ2) is 9.02. The van der Waals surface area contributed by atoms with Gasteiger partial charge >= 0.3 is 0 Å². The fraction of sp³-hybridized carbons (Fsp3) is 0.211. The van der Waals surface area contributed by atoms with Gasteiger partial charge in [-0.3, -0.25) is 24.5 Å². The quantitative estimate of drug-likeness (QED) is 0.408. The molecular formula is C19H19FN4O5. The molecule has 0 aliphatic heterocycles. The minimum absolute atomic E-state index is 0.0314. The SMILES string of the molecule is C[C@H](N)C(=O)NCC(=O)N(C)c1ccc([N+](=O)[O-])cc1C(=O)c1ccccc1F. The van der Waals surface area contributed by atoms with Gasteiger partial charge in [0.25, 0.3) is 5.69 Å². The van der Waals surface area contributed by atoms with E-state index in [0.717, 1.165) is 23.1 Å². The van der Waals surface area contributed by atoms with E-state index in [0.29, 0.717) is 0 Å². The standard InChI is InChI=1S/C19H19FN4O5/c1-11(21)19(27)22-10-17(25)23(2)16-8-7-12(24(28)29)9-14(16)18(26)13-5-3-4-6-15(13)20/h3-9,11H,10,21H2,1-2H3,(H,22,27)/t11-/m0/s1. The highest BCUT2D eigenvalue weighted by molar-refractivity contribution is 6.14. The average molecular weight is 402 g/mol. The van der Waals surface area contributed by atoms with Crippen LogP contribution >= 0.6 is 0 Å². The van der Waals surface area contributed by atoms with E-state index in [4.69, 9.17) is 5.73 Å². The zero-order chi connectivity index (χ0) is 21.7. The van der Waals surface area contributed by atoms with Crippen LogP contribution in [0, 0.1) is 15.9 Å². The van der Waals surface area contributed by atoms with E-state index in [1.807, 2.05) is 0 Å². The van der Waals surface area contributed by atoms with Gasteiger partial charge in [-0.15, -0.1) is 0 Å². The Bertz CT molecular complexity index is 977. The van der Waals surface area contributed by atoms with Gasteiger partial charge < -0.3 is 16.0 Å². The Balaban J connectivity index is 2.42. The lowest BCUT2D eigenvalue weighted by Crippen LogP contribution is -2.44. The lowest BCUT2D eigenvalue weighted by Gasteiger charge is -2.21. The van der Waals surface area contributed by atoms with Gasteiger partial charge in [0.1, 0.15) is 5.82 Å². The molecule has 2 rings (SSSR count). The van der Waals surface area contributed by atoms with Crippen LogP contribution in [0.25, 0.3) is 0 Å². The Morgan fingerprint density at radius 3 is 2.45 bits per heavy atom. The van der Waals surface area contributed by atoms with E-state index < -0.39 is 40.9 Å². The number of nitrogens with two attached hydrogens (primary N) is 1. The molecule has 0 bridgehead atoms. The van der Waals surface area contributed by atoms with E-state index in [-0.39, 0.29) is 22.5 Å². The largest absolute Gasteiger partial charge is 0.346 e. The molecule has 9 nitrogen and oxygen atoms in total. The van der Waals surface area contributed by atoms with Crippen LogP contribution in [0.15, 0.2) is 42.5 Å². The molecule has 2 amide bonds.